The summed E-state index contributed by atoms with van der Waals surface area (Å²) in [5, 5.41) is 12.3. The van der Waals surface area contributed by atoms with E-state index in [1.807, 2.05) is 24.3 Å². The molecule has 5 heteroatoms. The number of hydrogen-bond acceptors (Lipinski definition) is 3. The van der Waals surface area contributed by atoms with E-state index in [0.29, 0.717) is 31.2 Å². The largest absolute Gasteiger partial charge is 1.00 e. The van der Waals surface area contributed by atoms with Crippen LogP contribution in [0.5, 0.6) is 5.75 Å². The van der Waals surface area contributed by atoms with Gasteiger partial charge in [-0.1, -0.05) is 6.08 Å². The maximum Gasteiger partial charge on any atom is 0.131 e. The maximum atomic E-state index is 11.5. The number of aliphatic hydroxyl groups is 1. The molecule has 2 aromatic rings. The zero-order chi connectivity index (χ0) is 20.1. The van der Waals surface area contributed by atoms with Gasteiger partial charge in [0.05, 0.1) is 36.8 Å². The molecule has 140 valence electrons. The van der Waals surface area contributed by atoms with Crippen LogP contribution in [0.4, 0.5) is 0 Å². The molecule has 2 bridgehead atoms. The zero-order valence-corrected chi connectivity index (χ0v) is 17.1. The van der Waals surface area contributed by atoms with Crippen molar-refractivity contribution in [1.29, 1.82) is 0 Å². The lowest BCUT2D eigenvalue weighted by atomic mass is 9.72. The molecule has 4 nitrogen and oxygen atoms in total. The standard InChI is InChI=1S/C21H27N2O2.HI/c1-4-14-13-23(2)10-8-15(14)11-20(23)21(24)17-7-9-22-19-6-5-16(25-3)12-18(17)19;/h4-7,9,12,14-15,20-21,24H,1,8,10-11,13H2,2-3H3;1H/q+1;/p-1/t14-,15-,20+,21-,23-;/m0./s1/i2D3;. The van der Waals surface area contributed by atoms with Crippen LogP contribution < -0.4 is 28.7 Å². The second-order valence-corrected chi connectivity index (χ2v) is 7.42. The number of rotatable bonds is 4. The van der Waals surface area contributed by atoms with Gasteiger partial charge in [0, 0.05) is 30.3 Å². The summed E-state index contributed by atoms with van der Waals surface area (Å²) in [6.07, 6.45) is 4.24. The van der Waals surface area contributed by atoms with E-state index < -0.39 is 13.1 Å². The summed E-state index contributed by atoms with van der Waals surface area (Å²) in [6, 6.07) is 6.99. The van der Waals surface area contributed by atoms with Crippen molar-refractivity contribution in [2.45, 2.75) is 25.0 Å². The van der Waals surface area contributed by atoms with Crippen LogP contribution in [-0.2, 0) is 0 Å². The number of benzene rings is 1. The first kappa shape index (κ1) is 15.8. The Morgan fingerprint density at radius 3 is 3.04 bits per heavy atom. The van der Waals surface area contributed by atoms with Crippen LogP contribution in [0, 0.1) is 11.8 Å². The molecule has 0 aliphatic carbocycles. The average molecular weight is 469 g/mol. The molecule has 1 N–H and O–H groups in total. The molecule has 3 aliphatic heterocycles. The van der Waals surface area contributed by atoms with E-state index in [9.17, 15) is 5.11 Å². The fourth-order valence-electron chi connectivity index (χ4n) is 4.74. The van der Waals surface area contributed by atoms with Crippen LogP contribution in [0.25, 0.3) is 10.9 Å². The number of aromatic nitrogens is 1. The summed E-state index contributed by atoms with van der Waals surface area (Å²) in [5.74, 6) is 1.25. The van der Waals surface area contributed by atoms with Gasteiger partial charge in [0.2, 0.25) is 0 Å². The monoisotopic (exact) mass is 469 g/mol. The third kappa shape index (κ3) is 3.14. The number of halogens is 1. The lowest BCUT2D eigenvalue weighted by Gasteiger charge is -2.56. The second-order valence-electron chi connectivity index (χ2n) is 7.42. The van der Waals surface area contributed by atoms with Crippen LogP contribution in [-0.4, -0.2) is 47.8 Å². The van der Waals surface area contributed by atoms with Gasteiger partial charge in [0.15, 0.2) is 0 Å². The predicted octanol–water partition coefficient (Wildman–Crippen LogP) is 0.322. The van der Waals surface area contributed by atoms with Crippen molar-refractivity contribution in [2.24, 2.45) is 11.8 Å². The number of hydrogen-bond donors (Lipinski definition) is 1. The summed E-state index contributed by atoms with van der Waals surface area (Å²) in [6.45, 7) is 2.83. The molecule has 5 rings (SSSR count). The fraction of sp³-hybridized carbons (Fsp3) is 0.476. The van der Waals surface area contributed by atoms with E-state index in [4.69, 9.17) is 8.85 Å². The van der Waals surface area contributed by atoms with E-state index in [2.05, 4.69) is 11.6 Å². The van der Waals surface area contributed by atoms with E-state index in [0.717, 1.165) is 22.9 Å². The van der Waals surface area contributed by atoms with Crippen molar-refractivity contribution in [3.8, 4) is 5.75 Å². The number of nitrogens with zero attached hydrogens (tertiary/aromatic N) is 2. The lowest BCUT2D eigenvalue weighted by Crippen LogP contribution is -3.00. The first-order valence-electron chi connectivity index (χ1n) is 10.4. The summed E-state index contributed by atoms with van der Waals surface area (Å²) >= 11 is 0. The molecule has 0 radical (unpaired) electrons. The smallest absolute Gasteiger partial charge is 0.131 e. The maximum absolute atomic E-state index is 11.5. The first-order valence-corrected chi connectivity index (χ1v) is 8.91. The summed E-state index contributed by atoms with van der Waals surface area (Å²) in [5.41, 5.74) is 1.48. The highest BCUT2D eigenvalue weighted by Crippen LogP contribution is 2.45. The third-order valence-electron chi connectivity index (χ3n) is 6.19. The van der Waals surface area contributed by atoms with Crippen LogP contribution >= 0.6 is 0 Å². The molecule has 1 aromatic heterocycles. The quantitative estimate of drug-likeness (QED) is 0.399. The highest BCUT2D eigenvalue weighted by atomic mass is 127. The van der Waals surface area contributed by atoms with Crippen molar-refractivity contribution < 1.29 is 42.4 Å². The van der Waals surface area contributed by atoms with Crippen LogP contribution in [0.1, 0.15) is 28.6 Å². The van der Waals surface area contributed by atoms with Crippen LogP contribution in [0.15, 0.2) is 43.1 Å². The van der Waals surface area contributed by atoms with E-state index in [1.54, 1.807) is 19.4 Å². The Bertz CT molecular complexity index is 907. The minimum Gasteiger partial charge on any atom is -1.00 e. The summed E-state index contributed by atoms with van der Waals surface area (Å²) in [4.78, 5) is 4.39. The molecule has 0 amide bonds. The Kier molecular flexibility index (Phi) is 4.53. The van der Waals surface area contributed by atoms with Crippen molar-refractivity contribution in [3.05, 3.63) is 48.7 Å². The minimum atomic E-state index is -2.18. The number of fused-ring (bicyclic) bond motifs is 4. The Morgan fingerprint density at radius 1 is 1.46 bits per heavy atom. The highest BCUT2D eigenvalue weighted by Gasteiger charge is 2.51. The molecule has 0 saturated carbocycles. The average Bonchev–Trinajstić information content (AvgIpc) is 2.71. The van der Waals surface area contributed by atoms with Crippen molar-refractivity contribution >= 4 is 10.9 Å². The van der Waals surface area contributed by atoms with Gasteiger partial charge in [0.25, 0.3) is 0 Å². The van der Waals surface area contributed by atoms with Gasteiger partial charge in [-0.3, -0.25) is 4.98 Å². The molecule has 3 fully saturated rings. The molecule has 26 heavy (non-hydrogen) atoms. The molecule has 3 saturated heterocycles. The minimum absolute atomic E-state index is 0. The normalized spacial score (nSPS) is 33.5. The molecular weight excluding hydrogens is 439 g/mol. The van der Waals surface area contributed by atoms with E-state index in [1.165, 1.54) is 0 Å². The highest BCUT2D eigenvalue weighted by molar-refractivity contribution is 5.83. The number of quaternary nitrogens is 1. The Labute approximate surface area is 176 Å². The SMILES string of the molecule is [2H]C([2H])([2H])[N@@+]12CC[C@@H](C[C@@H]1[C@@H](O)c1ccnc3ccc(OC)cc13)[C@@H](C=C)C2.[I-]. The van der Waals surface area contributed by atoms with Gasteiger partial charge in [0.1, 0.15) is 17.9 Å². The fourth-order valence-corrected chi connectivity index (χ4v) is 4.74. The van der Waals surface area contributed by atoms with Gasteiger partial charge < -0.3 is 38.3 Å². The number of pyridine rings is 1. The molecule has 4 heterocycles. The predicted molar refractivity (Wildman–Crippen MR) is 99.4 cm³/mol. The van der Waals surface area contributed by atoms with Crippen molar-refractivity contribution in [3.63, 3.8) is 0 Å². The van der Waals surface area contributed by atoms with Crippen LogP contribution in [0.2, 0.25) is 0 Å². The Morgan fingerprint density at radius 2 is 2.31 bits per heavy atom. The molecular formula is C21H27IN2O2. The first-order chi connectivity index (χ1) is 13.3. The van der Waals surface area contributed by atoms with Gasteiger partial charge in [-0.25, -0.2) is 0 Å². The number of methoxy groups -OCH3 is 1. The zero-order valence-electron chi connectivity index (χ0n) is 17.9. The van der Waals surface area contributed by atoms with Gasteiger partial charge in [-0.15, -0.1) is 6.58 Å². The molecule has 1 aromatic carbocycles. The topological polar surface area (TPSA) is 42.4 Å². The van der Waals surface area contributed by atoms with E-state index in [-0.39, 0.29) is 40.4 Å². The summed E-state index contributed by atoms with van der Waals surface area (Å²) in [7, 11) is 1.60. The number of ether oxygens (including phenoxy) is 1. The number of aliphatic hydroxyl groups excluding tert-OH is 1. The molecule has 3 aliphatic rings. The van der Waals surface area contributed by atoms with E-state index >= 15 is 0 Å². The molecule has 5 atom stereocenters. The van der Waals surface area contributed by atoms with Gasteiger partial charge in [-0.2, -0.15) is 0 Å². The molecule has 0 unspecified atom stereocenters. The van der Waals surface area contributed by atoms with Crippen molar-refractivity contribution in [2.75, 3.05) is 27.2 Å². The van der Waals surface area contributed by atoms with Gasteiger partial charge in [-0.05, 0) is 35.7 Å². The number of likely N-dealkylation sites (N-methyl/N-ethyl adjacent to an activating group) is 1. The number of piperidine rings is 3. The van der Waals surface area contributed by atoms with Gasteiger partial charge >= 0.3 is 0 Å². The second kappa shape index (κ2) is 7.44. The Balaban J connectivity index is 0.00000240. The lowest BCUT2D eigenvalue weighted by molar-refractivity contribution is -0.956. The van der Waals surface area contributed by atoms with Crippen LogP contribution in [0.3, 0.4) is 0 Å². The summed E-state index contributed by atoms with van der Waals surface area (Å²) < 4.78 is 30.2. The van der Waals surface area contributed by atoms with Crippen molar-refractivity contribution in [1.82, 2.24) is 4.98 Å². The third-order valence-corrected chi connectivity index (χ3v) is 6.19. The molecule has 0 spiro atoms. The Hall–Kier alpha value is -1.18.